The molecular weight excluding hydrogens is 238 g/mol. The number of nitrogens with zero attached hydrogens (tertiary/aromatic N) is 1. The molecule has 1 heterocycles. The lowest BCUT2D eigenvalue weighted by Crippen LogP contribution is -2.59. The van der Waals surface area contributed by atoms with Crippen LogP contribution in [-0.2, 0) is 14.4 Å². The molecule has 2 amide bonds. The van der Waals surface area contributed by atoms with E-state index in [1.54, 1.807) is 0 Å². The molecule has 7 heteroatoms. The minimum absolute atomic E-state index is 0.0445. The van der Waals surface area contributed by atoms with Gasteiger partial charge in [-0.25, -0.2) is 0 Å². The van der Waals surface area contributed by atoms with Gasteiger partial charge in [0, 0.05) is 13.1 Å². The van der Waals surface area contributed by atoms with E-state index in [0.29, 0.717) is 12.5 Å². The number of carboxylic acids is 1. The van der Waals surface area contributed by atoms with Crippen molar-refractivity contribution in [3.63, 3.8) is 0 Å². The van der Waals surface area contributed by atoms with E-state index in [0.717, 1.165) is 12.8 Å². The van der Waals surface area contributed by atoms with Crippen LogP contribution >= 0.6 is 0 Å². The van der Waals surface area contributed by atoms with Gasteiger partial charge >= 0.3 is 5.97 Å². The van der Waals surface area contributed by atoms with Gasteiger partial charge in [0.1, 0.15) is 6.04 Å². The molecule has 0 radical (unpaired) electrons. The van der Waals surface area contributed by atoms with Gasteiger partial charge in [-0.1, -0.05) is 0 Å². The van der Waals surface area contributed by atoms with Crippen molar-refractivity contribution < 1.29 is 19.5 Å². The number of aliphatic carboxylic acids is 1. The fraction of sp³-hybridized carbons (Fsp3) is 0.727. The molecule has 18 heavy (non-hydrogen) atoms. The third kappa shape index (κ3) is 3.43. The van der Waals surface area contributed by atoms with Crippen molar-refractivity contribution in [2.75, 3.05) is 26.2 Å². The molecule has 1 unspecified atom stereocenters. The first-order valence-corrected chi connectivity index (χ1v) is 6.06. The number of rotatable bonds is 5. The zero-order chi connectivity index (χ0) is 13.1. The van der Waals surface area contributed by atoms with Gasteiger partial charge in [0.05, 0.1) is 13.1 Å². The number of carbonyl (C=O) groups is 3. The van der Waals surface area contributed by atoms with Crippen molar-refractivity contribution in [1.82, 2.24) is 15.5 Å². The molecule has 0 spiro atoms. The Hall–Kier alpha value is -1.63. The maximum absolute atomic E-state index is 11.6. The molecule has 1 saturated carbocycles. The SMILES string of the molecule is O=C(CN1CC(=O)NCC1C(=O)O)NCC1CC1. The van der Waals surface area contributed by atoms with E-state index >= 15 is 0 Å². The highest BCUT2D eigenvalue weighted by Gasteiger charge is 2.33. The summed E-state index contributed by atoms with van der Waals surface area (Å²) in [6.45, 7) is 0.603. The Kier molecular flexibility index (Phi) is 3.81. The van der Waals surface area contributed by atoms with Crippen LogP contribution in [0.15, 0.2) is 0 Å². The van der Waals surface area contributed by atoms with E-state index in [9.17, 15) is 14.4 Å². The summed E-state index contributed by atoms with van der Waals surface area (Å²) in [6.07, 6.45) is 2.29. The summed E-state index contributed by atoms with van der Waals surface area (Å²) in [5, 5.41) is 14.3. The van der Waals surface area contributed by atoms with Gasteiger partial charge in [-0.3, -0.25) is 19.3 Å². The van der Waals surface area contributed by atoms with Crippen LogP contribution in [0.3, 0.4) is 0 Å². The molecule has 3 N–H and O–H groups in total. The third-order valence-corrected chi connectivity index (χ3v) is 3.20. The molecule has 2 fully saturated rings. The number of carbonyl (C=O) groups excluding carboxylic acids is 2. The van der Waals surface area contributed by atoms with Crippen molar-refractivity contribution in [2.45, 2.75) is 18.9 Å². The highest BCUT2D eigenvalue weighted by atomic mass is 16.4. The van der Waals surface area contributed by atoms with Gasteiger partial charge in [-0.15, -0.1) is 0 Å². The van der Waals surface area contributed by atoms with Crippen molar-refractivity contribution in [1.29, 1.82) is 0 Å². The fourth-order valence-electron chi connectivity index (χ4n) is 1.92. The first-order chi connectivity index (χ1) is 8.56. The van der Waals surface area contributed by atoms with E-state index in [2.05, 4.69) is 10.6 Å². The molecule has 0 bridgehead atoms. The van der Waals surface area contributed by atoms with E-state index in [4.69, 9.17) is 5.11 Å². The number of amides is 2. The molecule has 7 nitrogen and oxygen atoms in total. The average Bonchev–Trinajstić information content (AvgIpc) is 3.09. The lowest BCUT2D eigenvalue weighted by Gasteiger charge is -2.31. The molecule has 100 valence electrons. The van der Waals surface area contributed by atoms with Crippen LogP contribution < -0.4 is 10.6 Å². The molecule has 0 aromatic carbocycles. The average molecular weight is 255 g/mol. The molecule has 1 aliphatic heterocycles. The van der Waals surface area contributed by atoms with Crippen LogP contribution in [0.4, 0.5) is 0 Å². The van der Waals surface area contributed by atoms with Crippen molar-refractivity contribution in [3.8, 4) is 0 Å². The molecule has 0 aromatic rings. The molecule has 0 aromatic heterocycles. The Bertz CT molecular complexity index is 367. The van der Waals surface area contributed by atoms with Gasteiger partial charge in [-0.2, -0.15) is 0 Å². The third-order valence-electron chi connectivity index (χ3n) is 3.20. The quantitative estimate of drug-likeness (QED) is 0.549. The maximum atomic E-state index is 11.6. The monoisotopic (exact) mass is 255 g/mol. The Balaban J connectivity index is 1.84. The minimum atomic E-state index is -1.02. The molecule has 2 aliphatic rings. The van der Waals surface area contributed by atoms with Crippen LogP contribution in [0.1, 0.15) is 12.8 Å². The summed E-state index contributed by atoms with van der Waals surface area (Å²) in [7, 11) is 0. The van der Waals surface area contributed by atoms with E-state index in [1.165, 1.54) is 4.90 Å². The topological polar surface area (TPSA) is 98.7 Å². The smallest absolute Gasteiger partial charge is 0.322 e. The zero-order valence-electron chi connectivity index (χ0n) is 10.0. The lowest BCUT2D eigenvalue weighted by atomic mass is 10.2. The maximum Gasteiger partial charge on any atom is 0.322 e. The largest absolute Gasteiger partial charge is 0.480 e. The Labute approximate surface area is 105 Å². The number of hydrogen-bond donors (Lipinski definition) is 3. The summed E-state index contributed by atoms with van der Waals surface area (Å²) in [5.74, 6) is -0.913. The van der Waals surface area contributed by atoms with Crippen molar-refractivity contribution in [2.24, 2.45) is 5.92 Å². The van der Waals surface area contributed by atoms with Crippen LogP contribution in [0.2, 0.25) is 0 Å². The number of hydrogen-bond acceptors (Lipinski definition) is 4. The van der Waals surface area contributed by atoms with Gasteiger partial charge in [0.15, 0.2) is 0 Å². The van der Waals surface area contributed by atoms with Crippen molar-refractivity contribution >= 4 is 17.8 Å². The Morgan fingerprint density at radius 3 is 2.78 bits per heavy atom. The minimum Gasteiger partial charge on any atom is -0.480 e. The predicted octanol–water partition coefficient (Wildman–Crippen LogP) is -1.60. The summed E-state index contributed by atoms with van der Waals surface area (Å²) in [4.78, 5) is 35.3. The molecule has 2 rings (SSSR count). The molecule has 1 atom stereocenters. The Morgan fingerprint density at radius 2 is 2.17 bits per heavy atom. The normalized spacial score (nSPS) is 24.4. The van der Waals surface area contributed by atoms with Gasteiger partial charge < -0.3 is 15.7 Å². The standard InChI is InChI=1S/C11H17N3O4/c15-9(12-3-7-1-2-7)5-14-6-10(16)13-4-8(14)11(17)18/h7-8H,1-6H2,(H,12,15)(H,13,16)(H,17,18). The fourth-order valence-corrected chi connectivity index (χ4v) is 1.92. The second kappa shape index (κ2) is 5.34. The lowest BCUT2D eigenvalue weighted by molar-refractivity contribution is -0.146. The first kappa shape index (κ1) is 12.8. The summed E-state index contributed by atoms with van der Waals surface area (Å²) >= 11 is 0. The van der Waals surface area contributed by atoms with E-state index in [1.807, 2.05) is 0 Å². The number of carboxylic acid groups (broad SMARTS) is 1. The molecular formula is C11H17N3O4. The van der Waals surface area contributed by atoms with Gasteiger partial charge in [0.25, 0.3) is 0 Å². The second-order valence-electron chi connectivity index (χ2n) is 4.81. The second-order valence-corrected chi connectivity index (χ2v) is 4.81. The molecule has 1 saturated heterocycles. The van der Waals surface area contributed by atoms with Crippen LogP contribution in [0.25, 0.3) is 0 Å². The van der Waals surface area contributed by atoms with Crippen molar-refractivity contribution in [3.05, 3.63) is 0 Å². The number of nitrogens with one attached hydrogen (secondary N) is 2. The van der Waals surface area contributed by atoms with Crippen LogP contribution in [0, 0.1) is 5.92 Å². The van der Waals surface area contributed by atoms with Crippen LogP contribution in [0.5, 0.6) is 0 Å². The summed E-state index contributed by atoms with van der Waals surface area (Å²) in [6, 6.07) is -0.825. The van der Waals surface area contributed by atoms with Gasteiger partial charge in [-0.05, 0) is 18.8 Å². The summed E-state index contributed by atoms with van der Waals surface area (Å²) in [5.41, 5.74) is 0. The highest BCUT2D eigenvalue weighted by molar-refractivity contribution is 5.85. The predicted molar refractivity (Wildman–Crippen MR) is 61.7 cm³/mol. The van der Waals surface area contributed by atoms with E-state index in [-0.39, 0.29) is 31.4 Å². The van der Waals surface area contributed by atoms with Gasteiger partial charge in [0.2, 0.25) is 11.8 Å². The molecule has 1 aliphatic carbocycles. The highest BCUT2D eigenvalue weighted by Crippen LogP contribution is 2.27. The van der Waals surface area contributed by atoms with E-state index < -0.39 is 12.0 Å². The van der Waals surface area contributed by atoms with Crippen LogP contribution in [-0.4, -0.2) is 60.0 Å². The summed E-state index contributed by atoms with van der Waals surface area (Å²) < 4.78 is 0. The zero-order valence-corrected chi connectivity index (χ0v) is 10.0. The first-order valence-electron chi connectivity index (χ1n) is 6.06. The number of piperazine rings is 1. The Morgan fingerprint density at radius 1 is 1.44 bits per heavy atom.